The molecule has 0 bridgehead atoms. The first kappa shape index (κ1) is 15.0. The lowest BCUT2D eigenvalue weighted by Crippen LogP contribution is -2.20. The Morgan fingerprint density at radius 2 is 1.14 bits per heavy atom. The third kappa shape index (κ3) is 22.4. The van der Waals surface area contributed by atoms with Crippen LogP contribution in [0.5, 0.6) is 0 Å². The molecule has 0 atom stereocenters. The van der Waals surface area contributed by atoms with Crippen molar-refractivity contribution in [3.8, 4) is 0 Å². The monoisotopic (exact) mass is 208 g/mol. The van der Waals surface area contributed by atoms with E-state index in [0.717, 1.165) is 0 Å². The van der Waals surface area contributed by atoms with Crippen molar-refractivity contribution in [2.24, 2.45) is 22.9 Å². The minimum absolute atomic E-state index is 0.0712. The zero-order valence-electron chi connectivity index (χ0n) is 7.77. The molecule has 0 rings (SSSR count). The van der Waals surface area contributed by atoms with Gasteiger partial charge in [-0.2, -0.15) is 0 Å². The van der Waals surface area contributed by atoms with E-state index in [1.54, 1.807) is 0 Å². The highest BCUT2D eigenvalue weighted by Crippen LogP contribution is 1.76. The quantitative estimate of drug-likeness (QED) is 0.394. The van der Waals surface area contributed by atoms with E-state index >= 15 is 0 Å². The highest BCUT2D eigenvalue weighted by molar-refractivity contribution is 5.65. The minimum Gasteiger partial charge on any atom is -0.446 e. The molecule has 14 heavy (non-hydrogen) atoms. The van der Waals surface area contributed by atoms with Gasteiger partial charge in [-0.3, -0.25) is 0 Å². The minimum atomic E-state index is -0.909. The molecular formula is C6H16N4O4. The van der Waals surface area contributed by atoms with Crippen LogP contribution in [0.2, 0.25) is 0 Å². The van der Waals surface area contributed by atoms with Crippen LogP contribution < -0.4 is 22.9 Å². The topological polar surface area (TPSA) is 157 Å². The van der Waals surface area contributed by atoms with Crippen LogP contribution in [-0.2, 0) is 9.47 Å². The molecule has 84 valence electrons. The van der Waals surface area contributed by atoms with Gasteiger partial charge in [0.25, 0.3) is 0 Å². The summed E-state index contributed by atoms with van der Waals surface area (Å²) in [7, 11) is 0. The second-order valence-electron chi connectivity index (χ2n) is 1.91. The van der Waals surface area contributed by atoms with Crippen LogP contribution in [0.3, 0.4) is 0 Å². The maximum absolute atomic E-state index is 9.87. The van der Waals surface area contributed by atoms with E-state index in [2.05, 4.69) is 20.9 Å². The van der Waals surface area contributed by atoms with Gasteiger partial charge in [0.15, 0.2) is 0 Å². The van der Waals surface area contributed by atoms with Crippen LogP contribution in [0.1, 0.15) is 0 Å². The summed E-state index contributed by atoms with van der Waals surface area (Å²) in [4.78, 5) is 19.7. The molecule has 8 nitrogen and oxygen atoms in total. The van der Waals surface area contributed by atoms with Crippen molar-refractivity contribution < 1.29 is 19.1 Å². The van der Waals surface area contributed by atoms with Crippen LogP contribution >= 0.6 is 0 Å². The van der Waals surface area contributed by atoms with Crippen LogP contribution in [0.4, 0.5) is 9.59 Å². The van der Waals surface area contributed by atoms with Crippen molar-refractivity contribution in [1.29, 1.82) is 0 Å². The van der Waals surface area contributed by atoms with Gasteiger partial charge in [-0.15, -0.1) is 0 Å². The van der Waals surface area contributed by atoms with Gasteiger partial charge in [0, 0.05) is 13.1 Å². The molecule has 0 radical (unpaired) electrons. The molecule has 0 saturated heterocycles. The molecule has 0 aromatic rings. The first-order chi connectivity index (χ1) is 6.54. The van der Waals surface area contributed by atoms with E-state index in [0.29, 0.717) is 13.1 Å². The molecule has 0 aromatic carbocycles. The molecule has 0 aliphatic rings. The third-order valence-corrected chi connectivity index (χ3v) is 0.739. The molecule has 8 heteroatoms. The number of rotatable bonds is 4. The molecule has 0 spiro atoms. The molecule has 2 amide bonds. The van der Waals surface area contributed by atoms with Crippen LogP contribution in [0.25, 0.3) is 0 Å². The fourth-order valence-corrected chi connectivity index (χ4v) is 0.285. The van der Waals surface area contributed by atoms with Crippen molar-refractivity contribution in [1.82, 2.24) is 0 Å². The Morgan fingerprint density at radius 3 is 1.29 bits per heavy atom. The smallest absolute Gasteiger partial charge is 0.404 e. The lowest BCUT2D eigenvalue weighted by Gasteiger charge is -2.00. The van der Waals surface area contributed by atoms with Gasteiger partial charge in [-0.05, 0) is 0 Å². The summed E-state index contributed by atoms with van der Waals surface area (Å²) in [5, 5.41) is 0. The summed E-state index contributed by atoms with van der Waals surface area (Å²) >= 11 is 0. The Kier molecular flexibility index (Phi) is 12.2. The number of hydrogen-bond acceptors (Lipinski definition) is 6. The van der Waals surface area contributed by atoms with Gasteiger partial charge in [0.2, 0.25) is 0 Å². The normalized spacial score (nSPS) is 8.14. The largest absolute Gasteiger partial charge is 0.446 e. The van der Waals surface area contributed by atoms with Crippen molar-refractivity contribution in [2.45, 2.75) is 0 Å². The third-order valence-electron chi connectivity index (χ3n) is 0.739. The maximum Gasteiger partial charge on any atom is 0.404 e. The van der Waals surface area contributed by atoms with Gasteiger partial charge in [0.1, 0.15) is 13.2 Å². The second kappa shape index (κ2) is 11.5. The van der Waals surface area contributed by atoms with E-state index in [9.17, 15) is 9.59 Å². The van der Waals surface area contributed by atoms with E-state index in [1.165, 1.54) is 0 Å². The molecule has 0 fully saturated rings. The Balaban J connectivity index is 0. The van der Waals surface area contributed by atoms with E-state index in [1.807, 2.05) is 0 Å². The Morgan fingerprint density at radius 1 is 0.857 bits per heavy atom. The number of carbonyl (C=O) groups is 2. The van der Waals surface area contributed by atoms with Crippen LogP contribution in [-0.4, -0.2) is 38.5 Å². The number of hydrogen-bond donors (Lipinski definition) is 4. The predicted octanol–water partition coefficient (Wildman–Crippen LogP) is -1.92. The molecule has 0 heterocycles. The summed E-state index contributed by atoms with van der Waals surface area (Å²) in [5.74, 6) is 0. The number of carbonyl (C=O) groups excluding carboxylic acids is 2. The van der Waals surface area contributed by atoms with E-state index < -0.39 is 12.2 Å². The standard InChI is InChI=1S/C4H8N2O4.C2H8N2/c5-3(7)9-1-2-10-4(6)8;3-1-2-4/h1-2H2,(H2,5,7)(H2,6,8);1-4H2. The summed E-state index contributed by atoms with van der Waals surface area (Å²) in [5.41, 5.74) is 19.0. The molecule has 0 aromatic heterocycles. The van der Waals surface area contributed by atoms with Gasteiger partial charge in [0.05, 0.1) is 0 Å². The number of primary amides is 2. The predicted molar refractivity (Wildman–Crippen MR) is 49.2 cm³/mol. The summed E-state index contributed by atoms with van der Waals surface area (Å²) in [6, 6.07) is 0. The average molecular weight is 208 g/mol. The lowest BCUT2D eigenvalue weighted by atomic mass is 10.7. The van der Waals surface area contributed by atoms with Crippen molar-refractivity contribution in [3.05, 3.63) is 0 Å². The second-order valence-corrected chi connectivity index (χ2v) is 1.91. The molecule has 0 aliphatic heterocycles. The molecular weight excluding hydrogens is 192 g/mol. The van der Waals surface area contributed by atoms with E-state index in [-0.39, 0.29) is 13.2 Å². The zero-order chi connectivity index (χ0) is 11.4. The number of amides is 2. The summed E-state index contributed by atoms with van der Waals surface area (Å²) < 4.78 is 8.40. The molecule has 0 saturated carbocycles. The highest BCUT2D eigenvalue weighted by atomic mass is 16.6. The molecule has 0 aliphatic carbocycles. The number of nitrogens with two attached hydrogens (primary N) is 4. The summed E-state index contributed by atoms with van der Waals surface area (Å²) in [6.07, 6.45) is -1.82. The Bertz CT molecular complexity index is 146. The first-order valence-corrected chi connectivity index (χ1v) is 3.79. The Labute approximate surface area is 81.5 Å². The highest BCUT2D eigenvalue weighted by Gasteiger charge is 1.95. The van der Waals surface area contributed by atoms with Crippen molar-refractivity contribution in [2.75, 3.05) is 26.3 Å². The van der Waals surface area contributed by atoms with Gasteiger partial charge in [-0.1, -0.05) is 0 Å². The van der Waals surface area contributed by atoms with Crippen molar-refractivity contribution >= 4 is 12.2 Å². The van der Waals surface area contributed by atoms with Gasteiger partial charge in [-0.25, -0.2) is 9.59 Å². The Hall–Kier alpha value is -1.54. The van der Waals surface area contributed by atoms with E-state index in [4.69, 9.17) is 11.5 Å². The molecule has 8 N–H and O–H groups in total. The molecule has 0 unspecified atom stereocenters. The van der Waals surface area contributed by atoms with Gasteiger partial charge < -0.3 is 32.4 Å². The fourth-order valence-electron chi connectivity index (χ4n) is 0.285. The average Bonchev–Trinajstić information content (AvgIpc) is 2.12. The maximum atomic E-state index is 9.87. The first-order valence-electron chi connectivity index (χ1n) is 3.79. The fraction of sp³-hybridized carbons (Fsp3) is 0.667. The lowest BCUT2D eigenvalue weighted by molar-refractivity contribution is 0.105. The summed E-state index contributed by atoms with van der Waals surface area (Å²) in [6.45, 7) is 1.05. The van der Waals surface area contributed by atoms with Gasteiger partial charge >= 0.3 is 12.2 Å². The van der Waals surface area contributed by atoms with Crippen LogP contribution in [0, 0.1) is 0 Å². The van der Waals surface area contributed by atoms with Crippen LogP contribution in [0.15, 0.2) is 0 Å². The number of ether oxygens (including phenoxy) is 2. The van der Waals surface area contributed by atoms with Crippen molar-refractivity contribution in [3.63, 3.8) is 0 Å². The zero-order valence-corrected chi connectivity index (χ0v) is 7.77. The SMILES string of the molecule is NC(=O)OCCOC(N)=O.NCCN.